The first-order valence-corrected chi connectivity index (χ1v) is 6.38. The van der Waals surface area contributed by atoms with Crippen LogP contribution in [0.5, 0.6) is 5.75 Å². The van der Waals surface area contributed by atoms with Gasteiger partial charge in [-0.2, -0.15) is 5.48 Å². The summed E-state index contributed by atoms with van der Waals surface area (Å²) >= 11 is 0. The van der Waals surface area contributed by atoms with Crippen molar-refractivity contribution in [1.29, 1.82) is 0 Å². The molecule has 4 rings (SSSR count). The van der Waals surface area contributed by atoms with Crippen LogP contribution >= 0.6 is 0 Å². The molecule has 0 aromatic heterocycles. The molecule has 19 heavy (non-hydrogen) atoms. The maximum absolute atomic E-state index is 5.51. The van der Waals surface area contributed by atoms with E-state index in [0.29, 0.717) is 0 Å². The zero-order valence-corrected chi connectivity index (χ0v) is 10.6. The number of hydroxylamine groups is 1. The van der Waals surface area contributed by atoms with Crippen LogP contribution in [0.4, 0.5) is 0 Å². The van der Waals surface area contributed by atoms with E-state index in [1.54, 1.807) is 7.05 Å². The molecule has 0 unspecified atom stereocenters. The van der Waals surface area contributed by atoms with Crippen molar-refractivity contribution in [2.24, 2.45) is 0 Å². The molecule has 2 heteroatoms. The zero-order chi connectivity index (χ0) is 12.8. The van der Waals surface area contributed by atoms with Crippen molar-refractivity contribution in [3.63, 3.8) is 0 Å². The third-order valence-corrected chi connectivity index (χ3v) is 3.70. The van der Waals surface area contributed by atoms with Gasteiger partial charge in [0.05, 0.1) is 0 Å². The van der Waals surface area contributed by atoms with Gasteiger partial charge in [0.15, 0.2) is 5.75 Å². The number of hydrogen-bond donors (Lipinski definition) is 1. The molecule has 0 fully saturated rings. The SMILES string of the molecule is CNOc1ccc2ccc3cccc4ccc1c2c34. The minimum atomic E-state index is 0.869. The van der Waals surface area contributed by atoms with Crippen LogP contribution in [0, 0.1) is 0 Å². The maximum Gasteiger partial charge on any atom is 0.155 e. The molecule has 0 aliphatic rings. The molecule has 0 saturated carbocycles. The third-order valence-electron chi connectivity index (χ3n) is 3.70. The Balaban J connectivity index is 2.28. The van der Waals surface area contributed by atoms with Crippen LogP contribution in [0.15, 0.2) is 54.6 Å². The van der Waals surface area contributed by atoms with Crippen LogP contribution in [0.2, 0.25) is 0 Å². The van der Waals surface area contributed by atoms with Crippen LogP contribution in [0.3, 0.4) is 0 Å². The standard InChI is InChI=1S/C17H13NO/c1-18-19-15-10-8-13-6-5-11-3-2-4-12-7-9-14(15)17(13)16(11)12/h2-10,18H,1H3. The van der Waals surface area contributed by atoms with E-state index in [1.807, 2.05) is 6.07 Å². The summed E-state index contributed by atoms with van der Waals surface area (Å²) in [5, 5.41) is 7.55. The molecular weight excluding hydrogens is 234 g/mol. The smallest absolute Gasteiger partial charge is 0.155 e. The second-order valence-electron chi connectivity index (χ2n) is 4.73. The average Bonchev–Trinajstić information content (AvgIpc) is 2.46. The molecule has 0 spiro atoms. The predicted molar refractivity (Wildman–Crippen MR) is 79.8 cm³/mol. The molecule has 2 nitrogen and oxygen atoms in total. The summed E-state index contributed by atoms with van der Waals surface area (Å²) in [5.41, 5.74) is 2.76. The number of nitrogens with one attached hydrogen (secondary N) is 1. The fourth-order valence-corrected chi connectivity index (χ4v) is 2.91. The van der Waals surface area contributed by atoms with E-state index in [1.165, 1.54) is 26.9 Å². The van der Waals surface area contributed by atoms with Crippen LogP contribution < -0.4 is 10.3 Å². The third kappa shape index (κ3) is 1.41. The van der Waals surface area contributed by atoms with Gasteiger partial charge in [0.25, 0.3) is 0 Å². The van der Waals surface area contributed by atoms with Gasteiger partial charge in [-0.15, -0.1) is 0 Å². The van der Waals surface area contributed by atoms with Crippen LogP contribution in [-0.4, -0.2) is 7.05 Å². The zero-order valence-electron chi connectivity index (χ0n) is 10.6. The van der Waals surface area contributed by atoms with E-state index >= 15 is 0 Å². The summed E-state index contributed by atoms with van der Waals surface area (Å²) in [4.78, 5) is 5.51. The van der Waals surface area contributed by atoms with E-state index < -0.39 is 0 Å². The van der Waals surface area contributed by atoms with Crippen molar-refractivity contribution in [2.45, 2.75) is 0 Å². The van der Waals surface area contributed by atoms with Crippen molar-refractivity contribution in [1.82, 2.24) is 5.48 Å². The van der Waals surface area contributed by atoms with Crippen LogP contribution in [-0.2, 0) is 0 Å². The van der Waals surface area contributed by atoms with Crippen molar-refractivity contribution < 1.29 is 4.84 Å². The fourth-order valence-electron chi connectivity index (χ4n) is 2.91. The molecule has 1 N–H and O–H groups in total. The van der Waals surface area contributed by atoms with Gasteiger partial charge < -0.3 is 4.84 Å². The van der Waals surface area contributed by atoms with E-state index in [-0.39, 0.29) is 0 Å². The number of rotatable bonds is 2. The molecule has 0 aliphatic heterocycles. The predicted octanol–water partition coefficient (Wildman–Crippen LogP) is 4.10. The summed E-state index contributed by atoms with van der Waals surface area (Å²) in [7, 11) is 1.78. The second kappa shape index (κ2) is 3.84. The van der Waals surface area contributed by atoms with Gasteiger partial charge in [-0.3, -0.25) is 0 Å². The first kappa shape index (κ1) is 10.6. The molecule has 0 aliphatic carbocycles. The second-order valence-corrected chi connectivity index (χ2v) is 4.73. The molecule has 0 saturated heterocycles. The van der Waals surface area contributed by atoms with Crippen molar-refractivity contribution in [2.75, 3.05) is 7.05 Å². The molecule has 0 radical (unpaired) electrons. The largest absolute Gasteiger partial charge is 0.408 e. The van der Waals surface area contributed by atoms with Gasteiger partial charge in [-0.25, -0.2) is 0 Å². The van der Waals surface area contributed by atoms with Crippen molar-refractivity contribution >= 4 is 32.3 Å². The Morgan fingerprint density at radius 2 is 1.37 bits per heavy atom. The monoisotopic (exact) mass is 247 g/mol. The lowest BCUT2D eigenvalue weighted by molar-refractivity contribution is 0.227. The van der Waals surface area contributed by atoms with Crippen LogP contribution in [0.1, 0.15) is 0 Å². The highest BCUT2D eigenvalue weighted by atomic mass is 16.6. The summed E-state index contributed by atoms with van der Waals surface area (Å²) in [6.45, 7) is 0. The summed E-state index contributed by atoms with van der Waals surface area (Å²) in [6.07, 6.45) is 0. The van der Waals surface area contributed by atoms with E-state index in [2.05, 4.69) is 54.0 Å². The van der Waals surface area contributed by atoms with Gasteiger partial charge in [-0.05, 0) is 33.7 Å². The lowest BCUT2D eigenvalue weighted by Crippen LogP contribution is -2.11. The molecule has 4 aromatic rings. The van der Waals surface area contributed by atoms with Crippen molar-refractivity contribution in [3.05, 3.63) is 54.6 Å². The average molecular weight is 247 g/mol. The Hall–Kier alpha value is -2.32. The lowest BCUT2D eigenvalue weighted by Gasteiger charge is -2.13. The number of hydrogen-bond acceptors (Lipinski definition) is 2. The van der Waals surface area contributed by atoms with Gasteiger partial charge in [-0.1, -0.05) is 42.5 Å². The van der Waals surface area contributed by atoms with E-state index in [0.717, 1.165) is 11.1 Å². The minimum absolute atomic E-state index is 0.869. The topological polar surface area (TPSA) is 21.3 Å². The van der Waals surface area contributed by atoms with E-state index in [9.17, 15) is 0 Å². The van der Waals surface area contributed by atoms with Crippen molar-refractivity contribution in [3.8, 4) is 5.75 Å². The Morgan fingerprint density at radius 3 is 2.11 bits per heavy atom. The fraction of sp³-hybridized carbons (Fsp3) is 0.0588. The molecule has 92 valence electrons. The van der Waals surface area contributed by atoms with Crippen LogP contribution in [0.25, 0.3) is 32.3 Å². The van der Waals surface area contributed by atoms with Gasteiger partial charge in [0.2, 0.25) is 0 Å². The normalized spacial score (nSPS) is 11.6. The molecule has 0 bridgehead atoms. The Kier molecular flexibility index (Phi) is 2.14. The lowest BCUT2D eigenvalue weighted by atomic mass is 9.94. The van der Waals surface area contributed by atoms with Gasteiger partial charge >= 0.3 is 0 Å². The molecule has 0 amide bonds. The number of benzene rings is 4. The molecular formula is C17H13NO. The van der Waals surface area contributed by atoms with Gasteiger partial charge in [0, 0.05) is 17.8 Å². The molecule has 0 atom stereocenters. The first-order valence-electron chi connectivity index (χ1n) is 6.38. The summed E-state index contributed by atoms with van der Waals surface area (Å²) in [5.74, 6) is 0.869. The highest BCUT2D eigenvalue weighted by Gasteiger charge is 2.10. The van der Waals surface area contributed by atoms with Gasteiger partial charge in [0.1, 0.15) is 0 Å². The molecule has 4 aromatic carbocycles. The Labute approximate surface area is 110 Å². The quantitative estimate of drug-likeness (QED) is 0.425. The first-order chi connectivity index (χ1) is 9.38. The minimum Gasteiger partial charge on any atom is -0.408 e. The highest BCUT2D eigenvalue weighted by molar-refractivity contribution is 6.24. The summed E-state index contributed by atoms with van der Waals surface area (Å²) < 4.78 is 0. The Bertz CT molecular complexity index is 866. The maximum atomic E-state index is 5.51. The van der Waals surface area contributed by atoms with E-state index in [4.69, 9.17) is 4.84 Å². The Morgan fingerprint density at radius 1 is 0.737 bits per heavy atom. The highest BCUT2D eigenvalue weighted by Crippen LogP contribution is 2.38. The molecule has 0 heterocycles. The summed E-state index contributed by atoms with van der Waals surface area (Å²) in [6, 6.07) is 19.2.